The molecule has 0 radical (unpaired) electrons. The first-order valence-corrected chi connectivity index (χ1v) is 6.54. The highest BCUT2D eigenvalue weighted by Crippen LogP contribution is 2.30. The molecule has 1 N–H and O–H groups in total. The van der Waals surface area contributed by atoms with Gasteiger partial charge in [0.25, 0.3) is 0 Å². The number of aliphatic carboxylic acids is 1. The molecule has 1 unspecified atom stereocenters. The van der Waals surface area contributed by atoms with Gasteiger partial charge in [-0.15, -0.1) is 0 Å². The maximum atomic E-state index is 13.4. The van der Waals surface area contributed by atoms with Crippen molar-refractivity contribution in [3.8, 4) is 0 Å². The molecular formula is C15H19F2NO4. The molecule has 0 saturated heterocycles. The van der Waals surface area contributed by atoms with Gasteiger partial charge in [0.1, 0.15) is 17.2 Å². The molecule has 122 valence electrons. The van der Waals surface area contributed by atoms with Crippen LogP contribution < -0.4 is 0 Å². The summed E-state index contributed by atoms with van der Waals surface area (Å²) in [6.45, 7) is 6.05. The van der Waals surface area contributed by atoms with Gasteiger partial charge in [-0.3, -0.25) is 4.90 Å². The van der Waals surface area contributed by atoms with Crippen molar-refractivity contribution < 1.29 is 28.2 Å². The average Bonchev–Trinajstić information content (AvgIpc) is 2.33. The van der Waals surface area contributed by atoms with Crippen molar-refractivity contribution in [2.24, 2.45) is 0 Å². The number of hydrogen-bond acceptors (Lipinski definition) is 3. The van der Waals surface area contributed by atoms with Gasteiger partial charge in [-0.1, -0.05) is 0 Å². The van der Waals surface area contributed by atoms with Crippen LogP contribution in [0.15, 0.2) is 18.2 Å². The summed E-state index contributed by atoms with van der Waals surface area (Å²) in [5.74, 6) is -3.30. The van der Waals surface area contributed by atoms with Crippen molar-refractivity contribution in [3.63, 3.8) is 0 Å². The molecule has 0 aromatic heterocycles. The lowest BCUT2D eigenvalue weighted by Crippen LogP contribution is -2.52. The minimum atomic E-state index is -1.98. The SMILES string of the molecule is CN(C(=O)OC(C)(C)C)C(C)(C(=O)O)c1cc(F)cc(F)c1. The van der Waals surface area contributed by atoms with E-state index in [2.05, 4.69) is 0 Å². The number of carboxylic acids is 1. The van der Waals surface area contributed by atoms with E-state index >= 15 is 0 Å². The molecule has 22 heavy (non-hydrogen) atoms. The van der Waals surface area contributed by atoms with Crippen LogP contribution >= 0.6 is 0 Å². The predicted molar refractivity (Wildman–Crippen MR) is 75.3 cm³/mol. The van der Waals surface area contributed by atoms with Gasteiger partial charge in [-0.2, -0.15) is 0 Å². The number of hydrogen-bond donors (Lipinski definition) is 1. The molecule has 1 aromatic rings. The van der Waals surface area contributed by atoms with Crippen molar-refractivity contribution in [2.45, 2.75) is 38.8 Å². The summed E-state index contributed by atoms with van der Waals surface area (Å²) >= 11 is 0. The number of halogens is 2. The molecule has 1 amide bonds. The lowest BCUT2D eigenvalue weighted by molar-refractivity contribution is -0.150. The third-order valence-electron chi connectivity index (χ3n) is 3.18. The van der Waals surface area contributed by atoms with Gasteiger partial charge in [-0.25, -0.2) is 18.4 Å². The van der Waals surface area contributed by atoms with Gasteiger partial charge in [0.2, 0.25) is 0 Å². The number of amides is 1. The lowest BCUT2D eigenvalue weighted by Gasteiger charge is -2.36. The first-order chi connectivity index (χ1) is 9.87. The van der Waals surface area contributed by atoms with E-state index in [1.165, 1.54) is 14.0 Å². The Kier molecular flexibility index (Phi) is 4.79. The Balaban J connectivity index is 3.31. The molecule has 1 rings (SSSR count). The topological polar surface area (TPSA) is 66.8 Å². The molecule has 1 aromatic carbocycles. The van der Waals surface area contributed by atoms with E-state index in [0.717, 1.165) is 17.0 Å². The van der Waals surface area contributed by atoms with Crippen molar-refractivity contribution >= 4 is 12.1 Å². The third kappa shape index (κ3) is 3.72. The van der Waals surface area contributed by atoms with Crippen LogP contribution in [-0.4, -0.2) is 34.7 Å². The molecule has 0 fully saturated rings. The number of likely N-dealkylation sites (N-methyl/N-ethyl adjacent to an activating group) is 1. The fraction of sp³-hybridized carbons (Fsp3) is 0.467. The first kappa shape index (κ1) is 17.9. The highest BCUT2D eigenvalue weighted by atomic mass is 19.1. The van der Waals surface area contributed by atoms with Gasteiger partial charge in [0.05, 0.1) is 0 Å². The van der Waals surface area contributed by atoms with Gasteiger partial charge < -0.3 is 9.84 Å². The van der Waals surface area contributed by atoms with Crippen LogP contribution in [0.4, 0.5) is 13.6 Å². The van der Waals surface area contributed by atoms with Gasteiger partial charge >= 0.3 is 12.1 Å². The number of carbonyl (C=O) groups excluding carboxylic acids is 1. The van der Waals surface area contributed by atoms with E-state index in [1.807, 2.05) is 0 Å². The van der Waals surface area contributed by atoms with Crippen LogP contribution in [0.1, 0.15) is 33.3 Å². The minimum Gasteiger partial charge on any atom is -0.479 e. The van der Waals surface area contributed by atoms with Gasteiger partial charge in [0.15, 0.2) is 5.54 Å². The number of rotatable bonds is 3. The van der Waals surface area contributed by atoms with E-state index in [4.69, 9.17) is 4.74 Å². The zero-order valence-electron chi connectivity index (χ0n) is 13.1. The Morgan fingerprint density at radius 3 is 1.91 bits per heavy atom. The summed E-state index contributed by atoms with van der Waals surface area (Å²) in [7, 11) is 1.20. The summed E-state index contributed by atoms with van der Waals surface area (Å²) in [5.41, 5.74) is -3.02. The Morgan fingerprint density at radius 2 is 1.55 bits per heavy atom. The average molecular weight is 315 g/mol. The highest BCUT2D eigenvalue weighted by molar-refractivity contribution is 5.85. The number of carboxylic acid groups (broad SMARTS) is 1. The molecule has 7 heteroatoms. The molecular weight excluding hydrogens is 296 g/mol. The van der Waals surface area contributed by atoms with Crippen molar-refractivity contribution in [1.29, 1.82) is 0 Å². The van der Waals surface area contributed by atoms with Gasteiger partial charge in [0, 0.05) is 13.1 Å². The van der Waals surface area contributed by atoms with E-state index < -0.39 is 34.8 Å². The maximum absolute atomic E-state index is 13.4. The zero-order valence-corrected chi connectivity index (χ0v) is 13.1. The largest absolute Gasteiger partial charge is 0.479 e. The molecule has 0 spiro atoms. The minimum absolute atomic E-state index is 0.203. The van der Waals surface area contributed by atoms with Crippen LogP contribution in [0.25, 0.3) is 0 Å². The molecule has 0 heterocycles. The van der Waals surface area contributed by atoms with Gasteiger partial charge in [-0.05, 0) is 45.4 Å². The summed E-state index contributed by atoms with van der Waals surface area (Å²) < 4.78 is 31.9. The van der Waals surface area contributed by atoms with Crippen molar-refractivity contribution in [2.75, 3.05) is 7.05 Å². The monoisotopic (exact) mass is 315 g/mol. The van der Waals surface area contributed by atoms with Crippen molar-refractivity contribution in [1.82, 2.24) is 4.90 Å². The molecule has 0 aliphatic heterocycles. The Labute approximate surface area is 127 Å². The van der Waals surface area contributed by atoms with E-state index in [1.54, 1.807) is 20.8 Å². The van der Waals surface area contributed by atoms with Crippen LogP contribution in [0.3, 0.4) is 0 Å². The summed E-state index contributed by atoms with van der Waals surface area (Å²) in [4.78, 5) is 24.6. The fourth-order valence-corrected chi connectivity index (χ4v) is 1.81. The van der Waals surface area contributed by atoms with Crippen LogP contribution in [0.5, 0.6) is 0 Å². The van der Waals surface area contributed by atoms with Crippen LogP contribution in [-0.2, 0) is 15.1 Å². The highest BCUT2D eigenvalue weighted by Gasteiger charge is 2.44. The first-order valence-electron chi connectivity index (χ1n) is 6.54. The molecule has 0 saturated carbocycles. The predicted octanol–water partition coefficient (Wildman–Crippen LogP) is 3.13. The molecule has 1 atom stereocenters. The summed E-state index contributed by atoms with van der Waals surface area (Å²) in [5, 5.41) is 9.49. The van der Waals surface area contributed by atoms with E-state index in [9.17, 15) is 23.5 Å². The van der Waals surface area contributed by atoms with E-state index in [0.29, 0.717) is 6.07 Å². The summed E-state index contributed by atoms with van der Waals surface area (Å²) in [6, 6.07) is 2.37. The van der Waals surface area contributed by atoms with Crippen molar-refractivity contribution in [3.05, 3.63) is 35.4 Å². The summed E-state index contributed by atoms with van der Waals surface area (Å²) in [6.07, 6.45) is -0.915. The Morgan fingerprint density at radius 1 is 1.09 bits per heavy atom. The fourth-order valence-electron chi connectivity index (χ4n) is 1.81. The maximum Gasteiger partial charge on any atom is 0.411 e. The smallest absolute Gasteiger partial charge is 0.411 e. The zero-order chi connectivity index (χ0) is 17.3. The second kappa shape index (κ2) is 5.90. The standard InChI is InChI=1S/C15H19F2NO4/c1-14(2,3)22-13(21)18(5)15(4,12(19)20)9-6-10(16)8-11(17)7-9/h6-8H,1-5H3,(H,19,20). The Hall–Kier alpha value is -2.18. The second-order valence-electron chi connectivity index (χ2n) is 6.07. The van der Waals surface area contributed by atoms with Crippen LogP contribution in [0, 0.1) is 11.6 Å². The lowest BCUT2D eigenvalue weighted by atomic mass is 9.90. The molecule has 0 bridgehead atoms. The third-order valence-corrected chi connectivity index (χ3v) is 3.18. The number of benzene rings is 1. The second-order valence-corrected chi connectivity index (χ2v) is 6.07. The quantitative estimate of drug-likeness (QED) is 0.930. The number of nitrogens with zero attached hydrogens (tertiary/aromatic N) is 1. The number of ether oxygens (including phenoxy) is 1. The molecule has 0 aliphatic carbocycles. The normalized spacial score (nSPS) is 14.1. The molecule has 0 aliphatic rings. The van der Waals surface area contributed by atoms with Crippen LogP contribution in [0.2, 0.25) is 0 Å². The van der Waals surface area contributed by atoms with E-state index in [-0.39, 0.29) is 5.56 Å². The molecule has 5 nitrogen and oxygen atoms in total. The Bertz CT molecular complexity index is 577. The number of carbonyl (C=O) groups is 2.